The molecule has 6 nitrogen and oxygen atoms in total. The largest absolute Gasteiger partial charge is 0.462 e. The topological polar surface area (TPSA) is 82.3 Å². The first kappa shape index (κ1) is 11.8. The Balaban J connectivity index is 2.18. The maximum absolute atomic E-state index is 11.6. The zero-order chi connectivity index (χ0) is 12.4. The Morgan fingerprint density at radius 1 is 1.65 bits per heavy atom. The Morgan fingerprint density at radius 2 is 2.35 bits per heavy atom. The van der Waals surface area contributed by atoms with Crippen molar-refractivity contribution < 1.29 is 14.5 Å². The Morgan fingerprint density at radius 3 is 2.94 bits per heavy atom. The fourth-order valence-corrected chi connectivity index (χ4v) is 1.45. The van der Waals surface area contributed by atoms with Crippen LogP contribution in [0.25, 0.3) is 0 Å². The number of halogens is 1. The highest BCUT2D eigenvalue weighted by Crippen LogP contribution is 2.29. The van der Waals surface area contributed by atoms with Crippen molar-refractivity contribution in [1.82, 2.24) is 4.98 Å². The first-order valence-corrected chi connectivity index (χ1v) is 5.43. The van der Waals surface area contributed by atoms with Crippen molar-refractivity contribution in [3.63, 3.8) is 0 Å². The maximum Gasteiger partial charge on any atom is 0.345 e. The second kappa shape index (κ2) is 4.67. The standard InChI is InChI=1S/C10H9ClN2O4/c11-9-3-7(8(4-12-9)13(15)16)10(14)17-5-6-1-2-6/h3-4,6H,1-2,5H2. The van der Waals surface area contributed by atoms with Gasteiger partial charge in [0.05, 0.1) is 11.5 Å². The molecule has 0 amide bonds. The second-order valence-electron chi connectivity index (χ2n) is 3.82. The van der Waals surface area contributed by atoms with Gasteiger partial charge < -0.3 is 4.74 Å². The lowest BCUT2D eigenvalue weighted by Crippen LogP contribution is -2.10. The van der Waals surface area contributed by atoms with Gasteiger partial charge >= 0.3 is 11.7 Å². The summed E-state index contributed by atoms with van der Waals surface area (Å²) in [5.41, 5.74) is -0.550. The van der Waals surface area contributed by atoms with Gasteiger partial charge in [0, 0.05) is 0 Å². The van der Waals surface area contributed by atoms with Gasteiger partial charge in [-0.05, 0) is 24.8 Å². The number of carbonyl (C=O) groups excluding carboxylic acids is 1. The van der Waals surface area contributed by atoms with E-state index in [0.717, 1.165) is 25.1 Å². The van der Waals surface area contributed by atoms with Gasteiger partial charge in [0.1, 0.15) is 16.9 Å². The Labute approximate surface area is 102 Å². The number of ether oxygens (including phenoxy) is 1. The summed E-state index contributed by atoms with van der Waals surface area (Å²) in [5.74, 6) is -0.330. The first-order valence-electron chi connectivity index (χ1n) is 5.05. The zero-order valence-corrected chi connectivity index (χ0v) is 9.51. The van der Waals surface area contributed by atoms with Crippen LogP contribution in [-0.2, 0) is 4.74 Å². The molecule has 1 fully saturated rings. The van der Waals surface area contributed by atoms with E-state index in [-0.39, 0.29) is 10.7 Å². The molecule has 1 saturated carbocycles. The Hall–Kier alpha value is -1.69. The first-order chi connectivity index (χ1) is 8.08. The predicted octanol–water partition coefficient (Wildman–Crippen LogP) is 2.21. The molecule has 1 aliphatic rings. The molecule has 0 unspecified atom stereocenters. The minimum Gasteiger partial charge on any atom is -0.462 e. The number of carbonyl (C=O) groups is 1. The number of aromatic nitrogens is 1. The van der Waals surface area contributed by atoms with Crippen LogP contribution in [0, 0.1) is 16.0 Å². The molecule has 1 heterocycles. The van der Waals surface area contributed by atoms with Crippen LogP contribution in [0.5, 0.6) is 0 Å². The number of esters is 1. The lowest BCUT2D eigenvalue weighted by Gasteiger charge is -2.04. The quantitative estimate of drug-likeness (QED) is 0.357. The number of hydrogen-bond acceptors (Lipinski definition) is 5. The third-order valence-electron chi connectivity index (χ3n) is 2.41. The SMILES string of the molecule is O=C(OCC1CC1)c1cc(Cl)ncc1[N+](=O)[O-]. The number of hydrogen-bond donors (Lipinski definition) is 0. The van der Waals surface area contributed by atoms with E-state index in [1.807, 2.05) is 0 Å². The zero-order valence-electron chi connectivity index (χ0n) is 8.76. The molecule has 1 aromatic heterocycles. The summed E-state index contributed by atoms with van der Waals surface area (Å²) >= 11 is 5.60. The smallest absolute Gasteiger partial charge is 0.345 e. The van der Waals surface area contributed by atoms with Crippen LogP contribution in [0.4, 0.5) is 5.69 Å². The van der Waals surface area contributed by atoms with Crippen LogP contribution in [-0.4, -0.2) is 22.5 Å². The van der Waals surface area contributed by atoms with E-state index in [4.69, 9.17) is 16.3 Å². The molecule has 7 heteroatoms. The summed E-state index contributed by atoms with van der Waals surface area (Å²) in [7, 11) is 0. The number of pyridine rings is 1. The number of rotatable bonds is 4. The molecule has 1 aliphatic carbocycles. The Kier molecular flexibility index (Phi) is 3.23. The summed E-state index contributed by atoms with van der Waals surface area (Å²) in [6, 6.07) is 1.15. The van der Waals surface area contributed by atoms with Crippen molar-refractivity contribution in [1.29, 1.82) is 0 Å². The fraction of sp³-hybridized carbons (Fsp3) is 0.400. The van der Waals surface area contributed by atoms with E-state index in [9.17, 15) is 14.9 Å². The highest BCUT2D eigenvalue weighted by atomic mass is 35.5. The van der Waals surface area contributed by atoms with Gasteiger partial charge in [0.15, 0.2) is 0 Å². The molecule has 0 atom stereocenters. The lowest BCUT2D eigenvalue weighted by atomic mass is 10.2. The van der Waals surface area contributed by atoms with Gasteiger partial charge in [-0.1, -0.05) is 11.6 Å². The molecule has 0 aromatic carbocycles. The molecule has 0 N–H and O–H groups in total. The maximum atomic E-state index is 11.6. The lowest BCUT2D eigenvalue weighted by molar-refractivity contribution is -0.385. The summed E-state index contributed by atoms with van der Waals surface area (Å²) in [4.78, 5) is 25.2. The highest BCUT2D eigenvalue weighted by molar-refractivity contribution is 6.29. The highest BCUT2D eigenvalue weighted by Gasteiger charge is 2.26. The van der Waals surface area contributed by atoms with Crippen LogP contribution in [0.3, 0.4) is 0 Å². The summed E-state index contributed by atoms with van der Waals surface area (Å²) < 4.78 is 4.97. The van der Waals surface area contributed by atoms with Gasteiger partial charge in [-0.2, -0.15) is 0 Å². The van der Waals surface area contributed by atoms with Crippen molar-refractivity contribution in [3.05, 3.63) is 33.1 Å². The van der Waals surface area contributed by atoms with Crippen LogP contribution >= 0.6 is 11.6 Å². The normalized spacial score (nSPS) is 14.4. The van der Waals surface area contributed by atoms with Crippen molar-refractivity contribution in [2.24, 2.45) is 5.92 Å². The number of nitro groups is 1. The third-order valence-corrected chi connectivity index (χ3v) is 2.62. The molecule has 1 aromatic rings. The average Bonchev–Trinajstić information content (AvgIpc) is 3.09. The second-order valence-corrected chi connectivity index (χ2v) is 4.21. The molecule has 17 heavy (non-hydrogen) atoms. The van der Waals surface area contributed by atoms with Crippen molar-refractivity contribution in [2.75, 3.05) is 6.61 Å². The molecule has 0 saturated heterocycles. The molecule has 90 valence electrons. The van der Waals surface area contributed by atoms with Crippen LogP contribution < -0.4 is 0 Å². The van der Waals surface area contributed by atoms with Gasteiger partial charge in [-0.25, -0.2) is 9.78 Å². The molecule has 0 spiro atoms. The van der Waals surface area contributed by atoms with E-state index in [1.165, 1.54) is 0 Å². The van der Waals surface area contributed by atoms with Gasteiger partial charge in [0.2, 0.25) is 0 Å². The van der Waals surface area contributed by atoms with E-state index in [2.05, 4.69) is 4.98 Å². The summed E-state index contributed by atoms with van der Waals surface area (Å²) in [6.07, 6.45) is 3.02. The van der Waals surface area contributed by atoms with E-state index in [0.29, 0.717) is 12.5 Å². The molecule has 0 bridgehead atoms. The van der Waals surface area contributed by atoms with Gasteiger partial charge in [-0.3, -0.25) is 10.1 Å². The monoisotopic (exact) mass is 256 g/mol. The summed E-state index contributed by atoms with van der Waals surface area (Å²) in [6.45, 7) is 0.302. The average molecular weight is 257 g/mol. The van der Waals surface area contributed by atoms with Crippen LogP contribution in [0.1, 0.15) is 23.2 Å². The number of nitrogens with zero attached hydrogens (tertiary/aromatic N) is 2. The molecular weight excluding hydrogens is 248 g/mol. The summed E-state index contributed by atoms with van der Waals surface area (Å²) in [5, 5.41) is 10.7. The fourth-order valence-electron chi connectivity index (χ4n) is 1.29. The van der Waals surface area contributed by atoms with Gasteiger partial charge in [-0.15, -0.1) is 0 Å². The molecule has 0 radical (unpaired) electrons. The Bertz CT molecular complexity index is 473. The molecule has 0 aliphatic heterocycles. The predicted molar refractivity (Wildman–Crippen MR) is 58.9 cm³/mol. The molecular formula is C10H9ClN2O4. The third kappa shape index (κ3) is 2.91. The van der Waals surface area contributed by atoms with Crippen molar-refractivity contribution in [3.8, 4) is 0 Å². The van der Waals surface area contributed by atoms with E-state index < -0.39 is 16.6 Å². The van der Waals surface area contributed by atoms with Gasteiger partial charge in [0.25, 0.3) is 0 Å². The van der Waals surface area contributed by atoms with E-state index in [1.54, 1.807) is 0 Å². The van der Waals surface area contributed by atoms with Crippen LogP contribution in [0.2, 0.25) is 5.15 Å². The van der Waals surface area contributed by atoms with Crippen LogP contribution in [0.15, 0.2) is 12.3 Å². The van der Waals surface area contributed by atoms with E-state index >= 15 is 0 Å². The minimum absolute atomic E-state index is 0.0222. The van der Waals surface area contributed by atoms with Crippen molar-refractivity contribution >= 4 is 23.3 Å². The molecule has 2 rings (SSSR count). The minimum atomic E-state index is -0.729. The van der Waals surface area contributed by atoms with Crippen molar-refractivity contribution in [2.45, 2.75) is 12.8 Å².